The maximum absolute atomic E-state index is 13.0. The maximum atomic E-state index is 13.0. The van der Waals surface area contributed by atoms with Crippen molar-refractivity contribution in [2.75, 3.05) is 12.3 Å². The Bertz CT molecular complexity index is 348. The van der Waals surface area contributed by atoms with Gasteiger partial charge in [0.1, 0.15) is 11.6 Å². The molecule has 3 heteroatoms. The smallest absolute Gasteiger partial charge is 0.145 e. The van der Waals surface area contributed by atoms with E-state index < -0.39 is 0 Å². The number of hydrogen-bond donors (Lipinski definition) is 1. The molecule has 0 aliphatic heterocycles. The van der Waals surface area contributed by atoms with E-state index in [0.29, 0.717) is 24.0 Å². The van der Waals surface area contributed by atoms with Gasteiger partial charge >= 0.3 is 0 Å². The predicted octanol–water partition coefficient (Wildman–Crippen LogP) is 3.37. The van der Waals surface area contributed by atoms with Gasteiger partial charge in [0.05, 0.1) is 12.3 Å². The normalized spacial score (nSPS) is 17.3. The molecule has 0 radical (unpaired) electrons. The highest BCUT2D eigenvalue weighted by Crippen LogP contribution is 2.27. The van der Waals surface area contributed by atoms with Crippen LogP contribution in [0.1, 0.15) is 32.1 Å². The zero-order chi connectivity index (χ0) is 11.4. The van der Waals surface area contributed by atoms with Crippen LogP contribution in [0.15, 0.2) is 18.2 Å². The van der Waals surface area contributed by atoms with Crippen molar-refractivity contribution in [1.82, 2.24) is 0 Å². The van der Waals surface area contributed by atoms with E-state index in [1.54, 1.807) is 6.07 Å². The van der Waals surface area contributed by atoms with Gasteiger partial charge in [-0.2, -0.15) is 0 Å². The van der Waals surface area contributed by atoms with Crippen molar-refractivity contribution >= 4 is 5.69 Å². The van der Waals surface area contributed by atoms with Crippen LogP contribution in [0, 0.1) is 11.7 Å². The first-order valence-electron chi connectivity index (χ1n) is 5.93. The van der Waals surface area contributed by atoms with Gasteiger partial charge in [-0.15, -0.1) is 0 Å². The summed E-state index contributed by atoms with van der Waals surface area (Å²) in [6, 6.07) is 4.26. The first-order chi connectivity index (χ1) is 7.75. The molecule has 2 rings (SSSR count). The maximum Gasteiger partial charge on any atom is 0.145 e. The number of benzene rings is 1. The van der Waals surface area contributed by atoms with Gasteiger partial charge in [-0.05, 0) is 30.9 Å². The van der Waals surface area contributed by atoms with Gasteiger partial charge in [-0.25, -0.2) is 4.39 Å². The molecular formula is C13H18FNO. The number of nitrogens with two attached hydrogens (primary N) is 1. The molecule has 0 spiro atoms. The Kier molecular flexibility index (Phi) is 3.65. The molecule has 0 saturated heterocycles. The molecule has 1 aliphatic carbocycles. The second-order valence-electron chi connectivity index (χ2n) is 4.50. The first-order valence-corrected chi connectivity index (χ1v) is 5.93. The van der Waals surface area contributed by atoms with Crippen LogP contribution in [-0.4, -0.2) is 6.61 Å². The standard InChI is InChI=1S/C13H18FNO/c14-11-6-7-12(15)13(8-11)16-9-10-4-2-1-3-5-10/h6-8,10H,1-5,9,15H2. The SMILES string of the molecule is Nc1ccc(F)cc1OCC1CCCCC1. The molecule has 0 atom stereocenters. The third-order valence-electron chi connectivity index (χ3n) is 3.17. The molecule has 2 nitrogen and oxygen atoms in total. The van der Waals surface area contributed by atoms with Crippen LogP contribution in [-0.2, 0) is 0 Å². The second-order valence-corrected chi connectivity index (χ2v) is 4.50. The fourth-order valence-corrected chi connectivity index (χ4v) is 2.19. The van der Waals surface area contributed by atoms with Crippen LogP contribution < -0.4 is 10.5 Å². The van der Waals surface area contributed by atoms with Gasteiger partial charge in [-0.3, -0.25) is 0 Å². The third kappa shape index (κ3) is 2.87. The van der Waals surface area contributed by atoms with Gasteiger partial charge in [0.15, 0.2) is 0 Å². The minimum atomic E-state index is -0.298. The van der Waals surface area contributed by atoms with E-state index >= 15 is 0 Å². The average molecular weight is 223 g/mol. The highest BCUT2D eigenvalue weighted by Gasteiger charge is 2.14. The highest BCUT2D eigenvalue weighted by molar-refractivity contribution is 5.52. The lowest BCUT2D eigenvalue weighted by molar-refractivity contribution is 0.209. The highest BCUT2D eigenvalue weighted by atomic mass is 19.1. The number of hydrogen-bond acceptors (Lipinski definition) is 2. The van der Waals surface area contributed by atoms with Crippen LogP contribution in [0.2, 0.25) is 0 Å². The lowest BCUT2D eigenvalue weighted by atomic mass is 9.90. The van der Waals surface area contributed by atoms with E-state index in [1.165, 1.54) is 44.2 Å². The van der Waals surface area contributed by atoms with Crippen LogP contribution in [0.3, 0.4) is 0 Å². The van der Waals surface area contributed by atoms with E-state index in [4.69, 9.17) is 10.5 Å². The van der Waals surface area contributed by atoms with Gasteiger partial charge in [0.25, 0.3) is 0 Å². The molecule has 0 unspecified atom stereocenters. The molecular weight excluding hydrogens is 205 g/mol. The molecule has 0 bridgehead atoms. The topological polar surface area (TPSA) is 35.2 Å². The van der Waals surface area contributed by atoms with Gasteiger partial charge < -0.3 is 10.5 Å². The minimum absolute atomic E-state index is 0.298. The van der Waals surface area contributed by atoms with Crippen LogP contribution in [0.4, 0.5) is 10.1 Å². The quantitative estimate of drug-likeness (QED) is 0.797. The lowest BCUT2D eigenvalue weighted by Crippen LogP contribution is -2.15. The summed E-state index contributed by atoms with van der Waals surface area (Å²) < 4.78 is 18.6. The Morgan fingerprint density at radius 3 is 2.75 bits per heavy atom. The van der Waals surface area contributed by atoms with Crippen LogP contribution >= 0.6 is 0 Å². The summed E-state index contributed by atoms with van der Waals surface area (Å²) in [5.41, 5.74) is 6.22. The van der Waals surface area contributed by atoms with E-state index in [0.717, 1.165) is 0 Å². The largest absolute Gasteiger partial charge is 0.491 e. The summed E-state index contributed by atoms with van der Waals surface area (Å²) >= 11 is 0. The third-order valence-corrected chi connectivity index (χ3v) is 3.17. The Morgan fingerprint density at radius 1 is 1.25 bits per heavy atom. The summed E-state index contributed by atoms with van der Waals surface area (Å²) in [6.07, 6.45) is 6.34. The Balaban J connectivity index is 1.90. The number of ether oxygens (including phenoxy) is 1. The Morgan fingerprint density at radius 2 is 2.00 bits per heavy atom. The first kappa shape index (κ1) is 11.2. The summed E-state index contributed by atoms with van der Waals surface area (Å²) in [5.74, 6) is 0.787. The molecule has 16 heavy (non-hydrogen) atoms. The Labute approximate surface area is 95.6 Å². The Hall–Kier alpha value is -1.25. The van der Waals surface area contributed by atoms with Crippen molar-refractivity contribution in [3.05, 3.63) is 24.0 Å². The molecule has 2 N–H and O–H groups in total. The van der Waals surface area contributed by atoms with Crippen molar-refractivity contribution in [1.29, 1.82) is 0 Å². The fraction of sp³-hybridized carbons (Fsp3) is 0.538. The van der Waals surface area contributed by atoms with Crippen molar-refractivity contribution in [3.8, 4) is 5.75 Å². The minimum Gasteiger partial charge on any atom is -0.491 e. The van der Waals surface area contributed by atoms with Crippen molar-refractivity contribution in [2.24, 2.45) is 5.92 Å². The molecule has 1 aliphatic rings. The van der Waals surface area contributed by atoms with Crippen LogP contribution in [0.5, 0.6) is 5.75 Å². The van der Waals surface area contributed by atoms with E-state index in [9.17, 15) is 4.39 Å². The van der Waals surface area contributed by atoms with Gasteiger partial charge in [-0.1, -0.05) is 19.3 Å². The van der Waals surface area contributed by atoms with Gasteiger partial charge in [0, 0.05) is 6.07 Å². The van der Waals surface area contributed by atoms with Crippen molar-refractivity contribution in [2.45, 2.75) is 32.1 Å². The molecule has 1 fully saturated rings. The van der Waals surface area contributed by atoms with E-state index in [-0.39, 0.29) is 5.82 Å². The van der Waals surface area contributed by atoms with E-state index in [1.807, 2.05) is 0 Å². The molecule has 1 saturated carbocycles. The number of halogens is 1. The number of nitrogen functional groups attached to an aromatic ring is 1. The summed E-state index contributed by atoms with van der Waals surface area (Å²) in [4.78, 5) is 0. The van der Waals surface area contributed by atoms with Gasteiger partial charge in [0.2, 0.25) is 0 Å². The fourth-order valence-electron chi connectivity index (χ4n) is 2.19. The summed E-state index contributed by atoms with van der Waals surface area (Å²) in [6.45, 7) is 0.660. The lowest BCUT2D eigenvalue weighted by Gasteiger charge is -2.22. The van der Waals surface area contributed by atoms with Crippen molar-refractivity contribution in [3.63, 3.8) is 0 Å². The van der Waals surface area contributed by atoms with Crippen molar-refractivity contribution < 1.29 is 9.13 Å². The molecule has 1 aromatic rings. The second kappa shape index (κ2) is 5.19. The van der Waals surface area contributed by atoms with Crippen LogP contribution in [0.25, 0.3) is 0 Å². The molecule has 0 heterocycles. The molecule has 0 aromatic heterocycles. The average Bonchev–Trinajstić information content (AvgIpc) is 2.32. The molecule has 88 valence electrons. The van der Waals surface area contributed by atoms with E-state index in [2.05, 4.69) is 0 Å². The zero-order valence-corrected chi connectivity index (χ0v) is 9.42. The predicted molar refractivity (Wildman–Crippen MR) is 62.9 cm³/mol. The molecule has 0 amide bonds. The molecule has 1 aromatic carbocycles. The number of anilines is 1. The zero-order valence-electron chi connectivity index (χ0n) is 9.42. The summed E-state index contributed by atoms with van der Waals surface area (Å²) in [5, 5.41) is 0. The monoisotopic (exact) mass is 223 g/mol. The number of rotatable bonds is 3. The summed E-state index contributed by atoms with van der Waals surface area (Å²) in [7, 11) is 0.